The van der Waals surface area contributed by atoms with Gasteiger partial charge in [-0.15, -0.1) is 0 Å². The normalized spacial score (nSPS) is 20.6. The molecule has 1 saturated carbocycles. The second kappa shape index (κ2) is 3.69. The molecule has 0 saturated heterocycles. The van der Waals surface area contributed by atoms with Crippen LogP contribution in [0, 0.1) is 11.8 Å². The van der Waals surface area contributed by atoms with Gasteiger partial charge in [-0.25, -0.2) is 0 Å². The molecule has 0 radical (unpaired) electrons. The Morgan fingerprint density at radius 1 is 1.38 bits per heavy atom. The average Bonchev–Trinajstić information content (AvgIpc) is 1.78. The molecule has 76 valence electrons. The Balaban J connectivity index is 2.38. The van der Waals surface area contributed by atoms with Gasteiger partial charge in [0.2, 0.25) is 0 Å². The first-order valence-electron chi connectivity index (χ1n) is 5.13. The highest BCUT2D eigenvalue weighted by atomic mass is 16.6. The molecule has 1 rings (SSSR count). The zero-order chi connectivity index (χ0) is 10.1. The maximum Gasteiger partial charge on any atom is 0.309 e. The van der Waals surface area contributed by atoms with Crippen molar-refractivity contribution in [2.75, 3.05) is 0 Å². The molecule has 1 unspecified atom stereocenters. The number of hydrogen-bond donors (Lipinski definition) is 0. The van der Waals surface area contributed by atoms with Gasteiger partial charge in [-0.3, -0.25) is 4.79 Å². The summed E-state index contributed by atoms with van der Waals surface area (Å²) in [6.45, 7) is 7.73. The molecule has 0 spiro atoms. The molecule has 1 aliphatic rings. The Kier molecular flexibility index (Phi) is 2.99. The minimum Gasteiger partial charge on any atom is -0.460 e. The summed E-state index contributed by atoms with van der Waals surface area (Å²) >= 11 is 0. The van der Waals surface area contributed by atoms with Gasteiger partial charge in [0, 0.05) is 0 Å². The molecule has 1 atom stereocenters. The second-order valence-electron chi connectivity index (χ2n) is 5.01. The van der Waals surface area contributed by atoms with Crippen molar-refractivity contribution >= 4 is 5.97 Å². The summed E-state index contributed by atoms with van der Waals surface area (Å²) in [6.07, 6.45) is 3.67. The largest absolute Gasteiger partial charge is 0.460 e. The lowest BCUT2D eigenvalue weighted by molar-refractivity contribution is -0.162. The second-order valence-corrected chi connectivity index (χ2v) is 5.01. The van der Waals surface area contributed by atoms with Gasteiger partial charge in [-0.05, 0) is 39.5 Å². The van der Waals surface area contributed by atoms with Gasteiger partial charge in [-0.1, -0.05) is 13.3 Å². The van der Waals surface area contributed by atoms with Crippen molar-refractivity contribution in [2.45, 2.75) is 52.6 Å². The smallest absolute Gasteiger partial charge is 0.309 e. The highest BCUT2D eigenvalue weighted by Crippen LogP contribution is 2.34. The molecule has 0 bridgehead atoms. The van der Waals surface area contributed by atoms with E-state index in [1.165, 1.54) is 19.3 Å². The minimum atomic E-state index is -0.338. The predicted octanol–water partition coefficient (Wildman–Crippen LogP) is 2.76. The summed E-state index contributed by atoms with van der Waals surface area (Å²) in [4.78, 5) is 11.6. The van der Waals surface area contributed by atoms with E-state index in [4.69, 9.17) is 4.74 Å². The van der Waals surface area contributed by atoms with E-state index in [2.05, 4.69) is 0 Å². The highest BCUT2D eigenvalue weighted by Gasteiger charge is 2.31. The van der Waals surface area contributed by atoms with Crippen molar-refractivity contribution in [3.63, 3.8) is 0 Å². The van der Waals surface area contributed by atoms with Crippen molar-refractivity contribution in [3.8, 4) is 0 Å². The number of esters is 1. The summed E-state index contributed by atoms with van der Waals surface area (Å²) in [5.41, 5.74) is -0.338. The molecule has 13 heavy (non-hydrogen) atoms. The Morgan fingerprint density at radius 2 is 1.92 bits per heavy atom. The van der Waals surface area contributed by atoms with Crippen molar-refractivity contribution < 1.29 is 9.53 Å². The molecule has 0 aliphatic heterocycles. The first kappa shape index (κ1) is 10.6. The van der Waals surface area contributed by atoms with Crippen LogP contribution in [0.2, 0.25) is 0 Å². The van der Waals surface area contributed by atoms with Gasteiger partial charge in [0.05, 0.1) is 5.92 Å². The fourth-order valence-corrected chi connectivity index (χ4v) is 1.53. The molecule has 0 aromatic carbocycles. The molecule has 0 aromatic heterocycles. The van der Waals surface area contributed by atoms with Crippen molar-refractivity contribution in [3.05, 3.63) is 0 Å². The van der Waals surface area contributed by atoms with Crippen LogP contribution < -0.4 is 0 Å². The topological polar surface area (TPSA) is 26.3 Å². The average molecular weight is 184 g/mol. The predicted molar refractivity (Wildman–Crippen MR) is 52.4 cm³/mol. The SMILES string of the molecule is CC(C(=O)OC(C)(C)C)C1CCC1. The summed E-state index contributed by atoms with van der Waals surface area (Å²) in [6, 6.07) is 0. The summed E-state index contributed by atoms with van der Waals surface area (Å²) in [5, 5.41) is 0. The number of ether oxygens (including phenoxy) is 1. The van der Waals surface area contributed by atoms with Crippen LogP contribution in [0.15, 0.2) is 0 Å². The van der Waals surface area contributed by atoms with E-state index in [1.807, 2.05) is 27.7 Å². The van der Waals surface area contributed by atoms with Crippen LogP contribution in [0.25, 0.3) is 0 Å². The molecule has 0 N–H and O–H groups in total. The summed E-state index contributed by atoms with van der Waals surface area (Å²) < 4.78 is 5.32. The number of carbonyl (C=O) groups is 1. The molecule has 2 heteroatoms. The van der Waals surface area contributed by atoms with Gasteiger partial charge in [0.25, 0.3) is 0 Å². The molecule has 2 nitrogen and oxygen atoms in total. The number of carbonyl (C=O) groups excluding carboxylic acids is 1. The van der Waals surface area contributed by atoms with Crippen molar-refractivity contribution in [1.29, 1.82) is 0 Å². The first-order chi connectivity index (χ1) is 5.90. The van der Waals surface area contributed by atoms with Crippen molar-refractivity contribution in [2.24, 2.45) is 11.8 Å². The molecule has 1 fully saturated rings. The Hall–Kier alpha value is -0.530. The third kappa shape index (κ3) is 3.02. The van der Waals surface area contributed by atoms with Gasteiger partial charge >= 0.3 is 5.97 Å². The van der Waals surface area contributed by atoms with E-state index in [1.54, 1.807) is 0 Å². The van der Waals surface area contributed by atoms with Crippen LogP contribution in [-0.4, -0.2) is 11.6 Å². The standard InChI is InChI=1S/C11H20O2/c1-8(9-6-5-7-9)10(12)13-11(2,3)4/h8-9H,5-7H2,1-4H3. The lowest BCUT2D eigenvalue weighted by atomic mass is 9.77. The zero-order valence-electron chi connectivity index (χ0n) is 9.09. The molecule has 0 amide bonds. The fraction of sp³-hybridized carbons (Fsp3) is 0.909. The third-order valence-electron chi connectivity index (χ3n) is 2.64. The van der Waals surface area contributed by atoms with E-state index in [-0.39, 0.29) is 17.5 Å². The zero-order valence-corrected chi connectivity index (χ0v) is 9.09. The Labute approximate surface area is 80.7 Å². The van der Waals surface area contributed by atoms with Crippen LogP contribution in [0.3, 0.4) is 0 Å². The van der Waals surface area contributed by atoms with Gasteiger partial charge < -0.3 is 4.74 Å². The lowest BCUT2D eigenvalue weighted by Gasteiger charge is -2.32. The molecule has 0 heterocycles. The van der Waals surface area contributed by atoms with E-state index in [9.17, 15) is 4.79 Å². The van der Waals surface area contributed by atoms with E-state index < -0.39 is 0 Å². The molecular formula is C11H20O2. The van der Waals surface area contributed by atoms with E-state index >= 15 is 0 Å². The third-order valence-corrected chi connectivity index (χ3v) is 2.64. The highest BCUT2D eigenvalue weighted by molar-refractivity contribution is 5.72. The maximum absolute atomic E-state index is 11.6. The Bertz CT molecular complexity index is 187. The monoisotopic (exact) mass is 184 g/mol. The molecular weight excluding hydrogens is 164 g/mol. The van der Waals surface area contributed by atoms with Gasteiger partial charge in [0.1, 0.15) is 5.60 Å². The van der Waals surface area contributed by atoms with E-state index in [0.717, 1.165) is 0 Å². The quantitative estimate of drug-likeness (QED) is 0.617. The fourth-order valence-electron chi connectivity index (χ4n) is 1.53. The maximum atomic E-state index is 11.6. The lowest BCUT2D eigenvalue weighted by Crippen LogP contribution is -2.33. The van der Waals surface area contributed by atoms with Crippen LogP contribution in [0.5, 0.6) is 0 Å². The van der Waals surface area contributed by atoms with Crippen LogP contribution >= 0.6 is 0 Å². The first-order valence-corrected chi connectivity index (χ1v) is 5.13. The Morgan fingerprint density at radius 3 is 2.23 bits per heavy atom. The molecule has 1 aliphatic carbocycles. The van der Waals surface area contributed by atoms with E-state index in [0.29, 0.717) is 5.92 Å². The minimum absolute atomic E-state index is 0.0304. The van der Waals surface area contributed by atoms with Crippen molar-refractivity contribution in [1.82, 2.24) is 0 Å². The number of hydrogen-bond acceptors (Lipinski definition) is 2. The van der Waals surface area contributed by atoms with Gasteiger partial charge in [-0.2, -0.15) is 0 Å². The van der Waals surface area contributed by atoms with Crippen LogP contribution in [-0.2, 0) is 9.53 Å². The van der Waals surface area contributed by atoms with Crippen LogP contribution in [0.1, 0.15) is 47.0 Å². The molecule has 0 aromatic rings. The summed E-state index contributed by atoms with van der Waals surface area (Å²) in [5.74, 6) is 0.639. The van der Waals surface area contributed by atoms with Gasteiger partial charge in [0.15, 0.2) is 0 Å². The number of rotatable bonds is 2. The summed E-state index contributed by atoms with van der Waals surface area (Å²) in [7, 11) is 0. The van der Waals surface area contributed by atoms with Crippen LogP contribution in [0.4, 0.5) is 0 Å².